The summed E-state index contributed by atoms with van der Waals surface area (Å²) in [6.07, 6.45) is 2.97. The van der Waals surface area contributed by atoms with Crippen LogP contribution in [0.4, 0.5) is 4.39 Å². The molecule has 1 heterocycles. The Morgan fingerprint density at radius 1 is 1.45 bits per heavy atom. The highest BCUT2D eigenvalue weighted by Crippen LogP contribution is 2.23. The van der Waals surface area contributed by atoms with Crippen LogP contribution in [0.1, 0.15) is 43.9 Å². The van der Waals surface area contributed by atoms with Gasteiger partial charge in [0.25, 0.3) is 0 Å². The molecule has 0 spiro atoms. The Morgan fingerprint density at radius 3 is 3.05 bits per heavy atom. The van der Waals surface area contributed by atoms with Gasteiger partial charge in [0.2, 0.25) is 5.89 Å². The van der Waals surface area contributed by atoms with Crippen LogP contribution in [0.2, 0.25) is 0 Å². The average Bonchev–Trinajstić information content (AvgIpc) is 2.91. The normalized spacial score (nSPS) is 12.6. The van der Waals surface area contributed by atoms with E-state index in [9.17, 15) is 4.39 Å². The zero-order valence-corrected chi connectivity index (χ0v) is 12.2. The summed E-state index contributed by atoms with van der Waals surface area (Å²) in [5.74, 6) is 1.35. The molecule has 6 heteroatoms. The molecule has 1 aromatic heterocycles. The lowest BCUT2D eigenvalue weighted by atomic mass is 10.1. The molecule has 0 unspecified atom stereocenters. The highest BCUT2D eigenvalue weighted by Gasteiger charge is 2.14. The van der Waals surface area contributed by atoms with E-state index in [0.717, 1.165) is 24.2 Å². The maximum Gasteiger partial charge on any atom is 0.243 e. The highest BCUT2D eigenvalue weighted by molar-refractivity contribution is 7.98. The first-order valence-electron chi connectivity index (χ1n) is 6.65. The van der Waals surface area contributed by atoms with Crippen LogP contribution in [0.3, 0.4) is 0 Å². The minimum Gasteiger partial charge on any atom is -0.338 e. The maximum atomic E-state index is 13.0. The molecule has 0 fully saturated rings. The molecule has 0 bridgehead atoms. The second kappa shape index (κ2) is 7.40. The molecule has 2 rings (SSSR count). The molecule has 0 radical (unpaired) electrons. The van der Waals surface area contributed by atoms with Gasteiger partial charge in [0.05, 0.1) is 11.8 Å². The Morgan fingerprint density at radius 2 is 2.30 bits per heavy atom. The van der Waals surface area contributed by atoms with Crippen molar-refractivity contribution in [3.8, 4) is 0 Å². The van der Waals surface area contributed by atoms with Gasteiger partial charge in [-0.15, -0.1) is 11.8 Å². The number of rotatable bonds is 7. The average molecular weight is 295 g/mol. The van der Waals surface area contributed by atoms with Gasteiger partial charge in [-0.25, -0.2) is 4.39 Å². The van der Waals surface area contributed by atoms with E-state index >= 15 is 0 Å². The molecular weight excluding hydrogens is 277 g/mol. The smallest absolute Gasteiger partial charge is 0.243 e. The summed E-state index contributed by atoms with van der Waals surface area (Å²) in [5, 5.41) is 3.90. The summed E-state index contributed by atoms with van der Waals surface area (Å²) >= 11 is 1.46. The number of halogens is 1. The predicted octanol–water partition coefficient (Wildman–Crippen LogP) is 3.69. The third-order valence-corrected chi connectivity index (χ3v) is 3.82. The van der Waals surface area contributed by atoms with Crippen molar-refractivity contribution >= 4 is 11.8 Å². The fourth-order valence-corrected chi connectivity index (χ4v) is 2.51. The van der Waals surface area contributed by atoms with E-state index < -0.39 is 0 Å². The molecule has 4 nitrogen and oxygen atoms in total. The lowest BCUT2D eigenvalue weighted by Gasteiger charge is -2.03. The van der Waals surface area contributed by atoms with E-state index in [0.29, 0.717) is 17.5 Å². The van der Waals surface area contributed by atoms with Crippen molar-refractivity contribution < 1.29 is 8.91 Å². The van der Waals surface area contributed by atoms with E-state index in [1.54, 1.807) is 6.07 Å². The Hall–Kier alpha value is -1.40. The number of thioether (sulfide) groups is 1. The van der Waals surface area contributed by atoms with Gasteiger partial charge in [-0.3, -0.25) is 0 Å². The van der Waals surface area contributed by atoms with Crippen molar-refractivity contribution in [2.45, 2.75) is 42.9 Å². The zero-order valence-electron chi connectivity index (χ0n) is 11.4. The van der Waals surface area contributed by atoms with E-state index in [-0.39, 0.29) is 11.9 Å². The summed E-state index contributed by atoms with van der Waals surface area (Å²) in [7, 11) is 0. The number of hydrogen-bond acceptors (Lipinski definition) is 5. The summed E-state index contributed by atoms with van der Waals surface area (Å²) in [6.45, 7) is 2.11. The van der Waals surface area contributed by atoms with Gasteiger partial charge in [-0.05, 0) is 24.6 Å². The molecule has 0 amide bonds. The Kier molecular flexibility index (Phi) is 5.55. The van der Waals surface area contributed by atoms with E-state index in [1.165, 1.54) is 23.9 Å². The number of benzene rings is 1. The largest absolute Gasteiger partial charge is 0.338 e. The third kappa shape index (κ3) is 4.31. The van der Waals surface area contributed by atoms with Crippen LogP contribution in [0.15, 0.2) is 33.7 Å². The monoisotopic (exact) mass is 295 g/mol. The SMILES string of the molecule is CCCC[C@H](N)c1nc(CSc2cccc(F)c2)no1. The van der Waals surface area contributed by atoms with Gasteiger partial charge in [-0.1, -0.05) is 31.0 Å². The lowest BCUT2D eigenvalue weighted by molar-refractivity contribution is 0.343. The van der Waals surface area contributed by atoms with Crippen LogP contribution in [0, 0.1) is 5.82 Å². The third-order valence-electron chi connectivity index (χ3n) is 2.83. The second-order valence-corrected chi connectivity index (χ2v) is 5.59. The first-order valence-corrected chi connectivity index (χ1v) is 7.64. The van der Waals surface area contributed by atoms with Gasteiger partial charge in [0.1, 0.15) is 5.82 Å². The Labute approximate surface area is 121 Å². The molecule has 2 N–H and O–H groups in total. The molecular formula is C14H18FN3OS. The summed E-state index contributed by atoms with van der Waals surface area (Å²) < 4.78 is 18.2. The van der Waals surface area contributed by atoms with Crippen LogP contribution >= 0.6 is 11.8 Å². The highest BCUT2D eigenvalue weighted by atomic mass is 32.2. The minimum atomic E-state index is -0.245. The standard InChI is InChI=1S/C14H18FN3OS/c1-2-3-7-12(16)14-17-13(18-19-14)9-20-11-6-4-5-10(15)8-11/h4-6,8,12H,2-3,7,9,16H2,1H3/t12-/m0/s1. The van der Waals surface area contributed by atoms with E-state index in [2.05, 4.69) is 17.1 Å². The van der Waals surface area contributed by atoms with Crippen LogP contribution < -0.4 is 5.73 Å². The van der Waals surface area contributed by atoms with Crippen LogP contribution in [-0.2, 0) is 5.75 Å². The molecule has 20 heavy (non-hydrogen) atoms. The molecule has 0 aliphatic rings. The van der Waals surface area contributed by atoms with Crippen molar-refractivity contribution in [3.63, 3.8) is 0 Å². The summed E-state index contributed by atoms with van der Waals surface area (Å²) in [5.41, 5.74) is 5.97. The van der Waals surface area contributed by atoms with E-state index in [4.69, 9.17) is 10.3 Å². The summed E-state index contributed by atoms with van der Waals surface area (Å²) in [6, 6.07) is 6.24. The molecule has 0 aliphatic carbocycles. The molecule has 108 valence electrons. The fourth-order valence-electron chi connectivity index (χ4n) is 1.73. The Bertz CT molecular complexity index is 547. The quantitative estimate of drug-likeness (QED) is 0.789. The van der Waals surface area contributed by atoms with Gasteiger partial charge >= 0.3 is 0 Å². The van der Waals surface area contributed by atoms with Gasteiger partial charge in [-0.2, -0.15) is 4.98 Å². The van der Waals surface area contributed by atoms with Gasteiger partial charge in [0.15, 0.2) is 5.82 Å². The van der Waals surface area contributed by atoms with Crippen molar-refractivity contribution in [3.05, 3.63) is 41.8 Å². The molecule has 0 saturated heterocycles. The summed E-state index contributed by atoms with van der Waals surface area (Å²) in [4.78, 5) is 5.12. The molecule has 0 saturated carbocycles. The van der Waals surface area contributed by atoms with Gasteiger partial charge < -0.3 is 10.3 Å². The predicted molar refractivity (Wildman–Crippen MR) is 76.7 cm³/mol. The van der Waals surface area contributed by atoms with Crippen LogP contribution in [-0.4, -0.2) is 10.1 Å². The lowest BCUT2D eigenvalue weighted by Crippen LogP contribution is -2.10. The van der Waals surface area contributed by atoms with Crippen molar-refractivity contribution in [2.24, 2.45) is 5.73 Å². The van der Waals surface area contributed by atoms with Crippen molar-refractivity contribution in [1.29, 1.82) is 0 Å². The molecule has 1 aromatic carbocycles. The molecule has 2 aromatic rings. The first kappa shape index (κ1) is 15.0. The number of nitrogens with zero attached hydrogens (tertiary/aromatic N) is 2. The zero-order chi connectivity index (χ0) is 14.4. The van der Waals surface area contributed by atoms with Crippen LogP contribution in [0.25, 0.3) is 0 Å². The molecule has 1 atom stereocenters. The first-order chi connectivity index (χ1) is 9.69. The number of unbranched alkanes of at least 4 members (excludes halogenated alkanes) is 1. The number of aromatic nitrogens is 2. The minimum absolute atomic E-state index is 0.199. The van der Waals surface area contributed by atoms with Crippen LogP contribution in [0.5, 0.6) is 0 Å². The van der Waals surface area contributed by atoms with E-state index in [1.807, 2.05) is 6.07 Å². The number of hydrogen-bond donors (Lipinski definition) is 1. The fraction of sp³-hybridized carbons (Fsp3) is 0.429. The maximum absolute atomic E-state index is 13.0. The van der Waals surface area contributed by atoms with Gasteiger partial charge in [0, 0.05) is 4.90 Å². The topological polar surface area (TPSA) is 64.9 Å². The van der Waals surface area contributed by atoms with Crippen molar-refractivity contribution in [1.82, 2.24) is 10.1 Å². The molecule has 0 aliphatic heterocycles. The second-order valence-electron chi connectivity index (χ2n) is 4.54. The van der Waals surface area contributed by atoms with Crippen molar-refractivity contribution in [2.75, 3.05) is 0 Å². The number of nitrogens with two attached hydrogens (primary N) is 1. The Balaban J connectivity index is 1.89.